The number of para-hydroxylation sites is 1. The molecule has 2 N–H and O–H groups in total. The quantitative estimate of drug-likeness (QED) is 0.761. The van der Waals surface area contributed by atoms with Crippen molar-refractivity contribution in [1.29, 1.82) is 0 Å². The number of hydrogen-bond donors (Lipinski definition) is 2. The van der Waals surface area contributed by atoms with Crippen molar-refractivity contribution in [2.45, 2.75) is 23.4 Å². The molecule has 0 bridgehead atoms. The number of halogens is 6. The van der Waals surface area contributed by atoms with Gasteiger partial charge in [0.1, 0.15) is 0 Å². The molecule has 0 aliphatic heterocycles. The predicted molar refractivity (Wildman–Crippen MR) is 79.7 cm³/mol. The van der Waals surface area contributed by atoms with Crippen LogP contribution >= 0.6 is 0 Å². The molecule has 0 spiro atoms. The first-order valence-corrected chi connectivity index (χ1v) is 8.34. The highest BCUT2D eigenvalue weighted by Gasteiger charge is 2.41. The third-order valence-corrected chi connectivity index (χ3v) is 4.64. The average molecular weight is 399 g/mol. The van der Waals surface area contributed by atoms with Gasteiger partial charge in [0, 0.05) is 5.56 Å². The number of aliphatic hydroxyl groups is 1. The van der Waals surface area contributed by atoms with E-state index in [-0.39, 0.29) is 0 Å². The standard InChI is InChI=1S/C15H11F6NO3S/c16-14(17,18)9-4-3-5-10(8-9)26(24,25)22-12-7-2-1-6-11(12)13(23)15(19,20)21/h1-8,13,22-23H/t13-/m0/s1. The molecule has 2 aromatic rings. The summed E-state index contributed by atoms with van der Waals surface area (Å²) in [4.78, 5) is -0.788. The molecule has 0 saturated heterocycles. The molecule has 0 radical (unpaired) electrons. The fourth-order valence-corrected chi connectivity index (χ4v) is 3.18. The second-order valence-corrected chi connectivity index (χ2v) is 6.84. The SMILES string of the molecule is O=S(=O)(Nc1ccccc1[C@H](O)C(F)(F)F)c1cccc(C(F)(F)F)c1. The van der Waals surface area contributed by atoms with Crippen LogP contribution in [0.3, 0.4) is 0 Å². The first-order valence-electron chi connectivity index (χ1n) is 6.86. The number of anilines is 1. The predicted octanol–water partition coefficient (Wildman–Crippen LogP) is 4.10. The molecule has 2 aromatic carbocycles. The molecule has 0 fully saturated rings. The maximum atomic E-state index is 12.7. The summed E-state index contributed by atoms with van der Waals surface area (Å²) in [6, 6.07) is 6.88. The van der Waals surface area contributed by atoms with Crippen LogP contribution in [-0.4, -0.2) is 19.7 Å². The molecular formula is C15H11F6NO3S. The number of sulfonamides is 1. The van der Waals surface area contributed by atoms with Gasteiger partial charge in [0.15, 0.2) is 6.10 Å². The van der Waals surface area contributed by atoms with E-state index in [4.69, 9.17) is 0 Å². The lowest BCUT2D eigenvalue weighted by molar-refractivity contribution is -0.206. The molecule has 0 amide bonds. The minimum Gasteiger partial charge on any atom is -0.379 e. The van der Waals surface area contributed by atoms with Crippen molar-refractivity contribution < 1.29 is 39.9 Å². The molecule has 11 heteroatoms. The van der Waals surface area contributed by atoms with Crippen LogP contribution in [0.5, 0.6) is 0 Å². The number of nitrogens with one attached hydrogen (secondary N) is 1. The Hall–Kier alpha value is -2.27. The molecule has 142 valence electrons. The molecule has 0 unspecified atom stereocenters. The van der Waals surface area contributed by atoms with Crippen molar-refractivity contribution in [2.75, 3.05) is 4.72 Å². The van der Waals surface area contributed by atoms with E-state index in [9.17, 15) is 39.9 Å². The fraction of sp³-hybridized carbons (Fsp3) is 0.200. The van der Waals surface area contributed by atoms with Crippen molar-refractivity contribution in [3.63, 3.8) is 0 Å². The van der Waals surface area contributed by atoms with E-state index in [1.54, 1.807) is 4.72 Å². The normalized spacial score (nSPS) is 14.1. The fourth-order valence-electron chi connectivity index (χ4n) is 2.05. The van der Waals surface area contributed by atoms with Crippen molar-refractivity contribution in [3.05, 3.63) is 59.7 Å². The second-order valence-electron chi connectivity index (χ2n) is 5.16. The monoisotopic (exact) mass is 399 g/mol. The van der Waals surface area contributed by atoms with Crippen LogP contribution in [0.4, 0.5) is 32.0 Å². The summed E-state index contributed by atoms with van der Waals surface area (Å²) in [5.74, 6) is 0. The van der Waals surface area contributed by atoms with Crippen LogP contribution in [0, 0.1) is 0 Å². The Morgan fingerprint density at radius 2 is 1.54 bits per heavy atom. The van der Waals surface area contributed by atoms with Crippen LogP contribution in [0.15, 0.2) is 53.4 Å². The second kappa shape index (κ2) is 6.80. The summed E-state index contributed by atoms with van der Waals surface area (Å²) in [5.41, 5.74) is -2.62. The minimum atomic E-state index is -5.06. The molecule has 0 heterocycles. The lowest BCUT2D eigenvalue weighted by Crippen LogP contribution is -2.23. The van der Waals surface area contributed by atoms with E-state index in [2.05, 4.69) is 0 Å². The van der Waals surface area contributed by atoms with Gasteiger partial charge in [0.25, 0.3) is 10.0 Å². The molecule has 2 rings (SSSR count). The summed E-state index contributed by atoms with van der Waals surface area (Å²) in [6.45, 7) is 0. The van der Waals surface area contributed by atoms with Crippen LogP contribution in [0.2, 0.25) is 0 Å². The molecule has 0 aliphatic rings. The molecule has 0 aliphatic carbocycles. The summed E-state index contributed by atoms with van der Waals surface area (Å²) in [6.07, 6.45) is -12.8. The number of aliphatic hydroxyl groups excluding tert-OH is 1. The Bertz CT molecular complexity index is 893. The molecule has 1 atom stereocenters. The summed E-state index contributed by atoms with van der Waals surface area (Å²) in [5, 5.41) is 9.35. The van der Waals surface area contributed by atoms with E-state index in [1.165, 1.54) is 6.07 Å². The zero-order chi connectivity index (χ0) is 19.8. The smallest absolute Gasteiger partial charge is 0.379 e. The maximum absolute atomic E-state index is 12.7. The van der Waals surface area contributed by atoms with Gasteiger partial charge in [-0.05, 0) is 24.3 Å². The van der Waals surface area contributed by atoms with Gasteiger partial charge in [-0.3, -0.25) is 4.72 Å². The number of hydrogen-bond acceptors (Lipinski definition) is 3. The van der Waals surface area contributed by atoms with Gasteiger partial charge >= 0.3 is 12.4 Å². The Morgan fingerprint density at radius 3 is 2.12 bits per heavy atom. The maximum Gasteiger partial charge on any atom is 0.418 e. The van der Waals surface area contributed by atoms with Gasteiger partial charge in [-0.1, -0.05) is 24.3 Å². The third-order valence-electron chi connectivity index (χ3n) is 3.28. The van der Waals surface area contributed by atoms with Crippen LogP contribution in [0.1, 0.15) is 17.2 Å². The zero-order valence-corrected chi connectivity index (χ0v) is 13.5. The van der Waals surface area contributed by atoms with Crippen molar-refractivity contribution in [3.8, 4) is 0 Å². The molecule has 4 nitrogen and oxygen atoms in total. The number of benzene rings is 2. The molecule has 0 saturated carbocycles. The summed E-state index contributed by atoms with van der Waals surface area (Å²) in [7, 11) is -4.63. The molecular weight excluding hydrogens is 388 g/mol. The van der Waals surface area contributed by atoms with Gasteiger partial charge in [-0.25, -0.2) is 8.42 Å². The van der Waals surface area contributed by atoms with E-state index < -0.39 is 50.2 Å². The Morgan fingerprint density at radius 1 is 0.923 bits per heavy atom. The highest BCUT2D eigenvalue weighted by Crippen LogP contribution is 2.37. The Balaban J connectivity index is 2.43. The van der Waals surface area contributed by atoms with Gasteiger partial charge in [-0.2, -0.15) is 26.3 Å². The van der Waals surface area contributed by atoms with Gasteiger partial charge in [-0.15, -0.1) is 0 Å². The van der Waals surface area contributed by atoms with Crippen LogP contribution in [-0.2, 0) is 16.2 Å². The largest absolute Gasteiger partial charge is 0.418 e. The minimum absolute atomic E-state index is 0.352. The lowest BCUT2D eigenvalue weighted by Gasteiger charge is -2.19. The Kier molecular flexibility index (Phi) is 5.24. The first-order chi connectivity index (χ1) is 11.8. The highest BCUT2D eigenvalue weighted by molar-refractivity contribution is 7.92. The summed E-state index contributed by atoms with van der Waals surface area (Å²) >= 11 is 0. The van der Waals surface area contributed by atoms with Gasteiger partial charge in [0.05, 0.1) is 16.1 Å². The molecule has 26 heavy (non-hydrogen) atoms. The van der Waals surface area contributed by atoms with E-state index >= 15 is 0 Å². The van der Waals surface area contributed by atoms with Gasteiger partial charge in [0.2, 0.25) is 0 Å². The van der Waals surface area contributed by atoms with Crippen molar-refractivity contribution >= 4 is 15.7 Å². The number of alkyl halides is 6. The first kappa shape index (κ1) is 20.0. The Labute approximate surface area is 144 Å². The van der Waals surface area contributed by atoms with Crippen LogP contribution in [0.25, 0.3) is 0 Å². The van der Waals surface area contributed by atoms with E-state index in [0.29, 0.717) is 12.1 Å². The summed E-state index contributed by atoms with van der Waals surface area (Å²) < 4.78 is 103. The van der Waals surface area contributed by atoms with Gasteiger partial charge < -0.3 is 5.11 Å². The zero-order valence-electron chi connectivity index (χ0n) is 12.6. The number of rotatable bonds is 4. The lowest BCUT2D eigenvalue weighted by atomic mass is 10.1. The van der Waals surface area contributed by atoms with E-state index in [0.717, 1.165) is 30.3 Å². The van der Waals surface area contributed by atoms with Crippen molar-refractivity contribution in [2.24, 2.45) is 0 Å². The highest BCUT2D eigenvalue weighted by atomic mass is 32.2. The third kappa shape index (κ3) is 4.47. The topological polar surface area (TPSA) is 66.4 Å². The average Bonchev–Trinajstić information content (AvgIpc) is 2.53. The van der Waals surface area contributed by atoms with Crippen LogP contribution < -0.4 is 4.72 Å². The van der Waals surface area contributed by atoms with E-state index in [1.807, 2.05) is 0 Å². The molecule has 0 aromatic heterocycles. The van der Waals surface area contributed by atoms with Crippen molar-refractivity contribution in [1.82, 2.24) is 0 Å².